The normalized spacial score (nSPS) is 24.5. The highest BCUT2D eigenvalue weighted by molar-refractivity contribution is 6.31. The number of aliphatic hydroxyl groups is 2. The summed E-state index contributed by atoms with van der Waals surface area (Å²) >= 11 is 12.0. The molecule has 2 aromatic carbocycles. The molecule has 1 heterocycles. The van der Waals surface area contributed by atoms with Crippen molar-refractivity contribution < 1.29 is 14.6 Å². The lowest BCUT2D eigenvalue weighted by Gasteiger charge is -2.24. The first-order valence-corrected chi connectivity index (χ1v) is 8.47. The highest BCUT2D eigenvalue weighted by Gasteiger charge is 2.41. The Labute approximate surface area is 150 Å². The maximum atomic E-state index is 13.2. The topological polar surface area (TPSA) is 43.7 Å². The molecule has 0 aliphatic carbocycles. The smallest absolute Gasteiger partial charge is 0.124 e. The average Bonchev–Trinajstić information content (AvgIpc) is 2.86. The van der Waals surface area contributed by atoms with Gasteiger partial charge in [-0.3, -0.25) is 4.90 Å². The summed E-state index contributed by atoms with van der Waals surface area (Å²) in [6, 6.07) is 11.2. The lowest BCUT2D eigenvalue weighted by molar-refractivity contribution is 0.0641. The van der Waals surface area contributed by atoms with Crippen molar-refractivity contribution in [2.24, 2.45) is 0 Å². The van der Waals surface area contributed by atoms with Gasteiger partial charge in [0.2, 0.25) is 0 Å². The van der Waals surface area contributed by atoms with Crippen molar-refractivity contribution in [3.63, 3.8) is 0 Å². The van der Waals surface area contributed by atoms with Crippen LogP contribution in [-0.4, -0.2) is 40.4 Å². The Morgan fingerprint density at radius 3 is 2.46 bits per heavy atom. The summed E-state index contributed by atoms with van der Waals surface area (Å²) in [5.74, 6) is -0.512. The Morgan fingerprint density at radius 2 is 1.83 bits per heavy atom. The highest BCUT2D eigenvalue weighted by atomic mass is 35.5. The van der Waals surface area contributed by atoms with Crippen LogP contribution in [0, 0.1) is 5.82 Å². The van der Waals surface area contributed by atoms with Gasteiger partial charge >= 0.3 is 0 Å². The number of likely N-dealkylation sites (tertiary alicyclic amines) is 1. The van der Waals surface area contributed by atoms with E-state index in [4.69, 9.17) is 23.2 Å². The van der Waals surface area contributed by atoms with Crippen molar-refractivity contribution in [3.05, 3.63) is 69.5 Å². The van der Waals surface area contributed by atoms with Gasteiger partial charge in [-0.2, -0.15) is 0 Å². The molecule has 0 radical (unpaired) electrons. The van der Waals surface area contributed by atoms with E-state index in [1.54, 1.807) is 18.2 Å². The Balaban J connectivity index is 1.81. The SMILES string of the molecule is OC[C@@H]1[C@H](O)[C@@H](c2ccc(Cl)cc2)CN1Cc1ccc(F)cc1Cl. The summed E-state index contributed by atoms with van der Waals surface area (Å²) in [6.07, 6.45) is -0.699. The standard InChI is InChI=1S/C18H18Cl2FNO2/c19-13-4-1-11(2-5-13)15-9-22(17(10-23)18(15)24)8-12-3-6-14(21)7-16(12)20/h1-7,15,17-18,23-24H,8-10H2/t15-,17-,18-/m1/s1. The fourth-order valence-corrected chi connectivity index (χ4v) is 3.62. The minimum Gasteiger partial charge on any atom is -0.395 e. The van der Waals surface area contributed by atoms with Crippen molar-refractivity contribution in [2.75, 3.05) is 13.2 Å². The van der Waals surface area contributed by atoms with Gasteiger partial charge in [-0.05, 0) is 35.4 Å². The molecule has 0 amide bonds. The molecule has 3 rings (SSSR count). The van der Waals surface area contributed by atoms with E-state index in [2.05, 4.69) is 0 Å². The minimum atomic E-state index is -0.699. The number of nitrogens with zero attached hydrogens (tertiary/aromatic N) is 1. The molecule has 1 saturated heterocycles. The number of halogens is 3. The number of hydrogen-bond donors (Lipinski definition) is 2. The van der Waals surface area contributed by atoms with Gasteiger partial charge in [0, 0.05) is 29.1 Å². The predicted octanol–water partition coefficient (Wildman–Crippen LogP) is 3.45. The Morgan fingerprint density at radius 1 is 1.12 bits per heavy atom. The van der Waals surface area contributed by atoms with E-state index in [9.17, 15) is 14.6 Å². The minimum absolute atomic E-state index is 0.126. The summed E-state index contributed by atoms with van der Waals surface area (Å²) in [7, 11) is 0. The molecule has 1 fully saturated rings. The second-order valence-corrected chi connectivity index (χ2v) is 6.91. The van der Waals surface area contributed by atoms with Crippen molar-refractivity contribution in [3.8, 4) is 0 Å². The molecule has 0 aromatic heterocycles. The number of aliphatic hydroxyl groups excluding tert-OH is 2. The molecule has 0 spiro atoms. The zero-order valence-corrected chi connectivity index (χ0v) is 14.4. The monoisotopic (exact) mass is 369 g/mol. The maximum absolute atomic E-state index is 13.2. The summed E-state index contributed by atoms with van der Waals surface area (Å²) in [6.45, 7) is 0.845. The van der Waals surface area contributed by atoms with Crippen LogP contribution >= 0.6 is 23.2 Å². The molecule has 1 aliphatic rings. The maximum Gasteiger partial charge on any atom is 0.124 e. The van der Waals surface area contributed by atoms with Crippen LogP contribution in [0.3, 0.4) is 0 Å². The molecule has 0 bridgehead atoms. The number of rotatable bonds is 4. The van der Waals surface area contributed by atoms with E-state index in [-0.39, 0.29) is 18.3 Å². The molecule has 6 heteroatoms. The van der Waals surface area contributed by atoms with Gasteiger partial charge in [-0.25, -0.2) is 4.39 Å². The van der Waals surface area contributed by atoms with Crippen LogP contribution in [-0.2, 0) is 6.54 Å². The van der Waals surface area contributed by atoms with Crippen molar-refractivity contribution in [1.29, 1.82) is 0 Å². The van der Waals surface area contributed by atoms with Gasteiger partial charge in [-0.15, -0.1) is 0 Å². The summed E-state index contributed by atoms with van der Waals surface area (Å²) in [4.78, 5) is 1.98. The van der Waals surface area contributed by atoms with E-state index >= 15 is 0 Å². The molecule has 0 saturated carbocycles. The first-order valence-electron chi connectivity index (χ1n) is 7.72. The van der Waals surface area contributed by atoms with Crippen molar-refractivity contribution in [1.82, 2.24) is 4.90 Å². The molecule has 2 N–H and O–H groups in total. The molecule has 128 valence electrons. The molecular weight excluding hydrogens is 352 g/mol. The van der Waals surface area contributed by atoms with Crippen LogP contribution in [0.1, 0.15) is 17.0 Å². The van der Waals surface area contributed by atoms with E-state index in [0.29, 0.717) is 23.1 Å². The molecule has 1 aliphatic heterocycles. The van der Waals surface area contributed by atoms with Crippen molar-refractivity contribution in [2.45, 2.75) is 24.6 Å². The Bertz CT molecular complexity index is 711. The fourth-order valence-electron chi connectivity index (χ4n) is 3.27. The molecule has 0 unspecified atom stereocenters. The molecular formula is C18H18Cl2FNO2. The first-order chi connectivity index (χ1) is 11.5. The lowest BCUT2D eigenvalue weighted by Crippen LogP contribution is -2.38. The first kappa shape index (κ1) is 17.6. The third-order valence-corrected chi connectivity index (χ3v) is 5.18. The third-order valence-electron chi connectivity index (χ3n) is 4.58. The van der Waals surface area contributed by atoms with Gasteiger partial charge in [-0.1, -0.05) is 41.4 Å². The molecule has 3 nitrogen and oxygen atoms in total. The quantitative estimate of drug-likeness (QED) is 0.867. The molecule has 3 atom stereocenters. The van der Waals surface area contributed by atoms with Crippen LogP contribution < -0.4 is 0 Å². The van der Waals surface area contributed by atoms with Gasteiger partial charge < -0.3 is 10.2 Å². The van der Waals surface area contributed by atoms with E-state index in [1.165, 1.54) is 12.1 Å². The van der Waals surface area contributed by atoms with E-state index in [0.717, 1.165) is 11.1 Å². The number of hydrogen-bond acceptors (Lipinski definition) is 3. The van der Waals surface area contributed by atoms with Gasteiger partial charge in [0.05, 0.1) is 18.8 Å². The predicted molar refractivity (Wildman–Crippen MR) is 92.9 cm³/mol. The van der Waals surface area contributed by atoms with Crippen LogP contribution in [0.5, 0.6) is 0 Å². The van der Waals surface area contributed by atoms with Crippen LogP contribution in [0.2, 0.25) is 10.0 Å². The summed E-state index contributed by atoms with van der Waals surface area (Å²) in [5, 5.41) is 21.3. The lowest BCUT2D eigenvalue weighted by atomic mass is 9.94. The highest BCUT2D eigenvalue weighted by Crippen LogP contribution is 2.34. The van der Waals surface area contributed by atoms with Crippen LogP contribution in [0.4, 0.5) is 4.39 Å². The van der Waals surface area contributed by atoms with Gasteiger partial charge in [0.25, 0.3) is 0 Å². The van der Waals surface area contributed by atoms with Crippen LogP contribution in [0.25, 0.3) is 0 Å². The summed E-state index contributed by atoms with van der Waals surface area (Å²) in [5.41, 5.74) is 1.73. The van der Waals surface area contributed by atoms with E-state index < -0.39 is 12.1 Å². The Kier molecular flexibility index (Phi) is 5.42. The zero-order chi connectivity index (χ0) is 17.3. The second-order valence-electron chi connectivity index (χ2n) is 6.06. The van der Waals surface area contributed by atoms with Gasteiger partial charge in [0.15, 0.2) is 0 Å². The number of benzene rings is 2. The zero-order valence-electron chi connectivity index (χ0n) is 12.9. The fraction of sp³-hybridized carbons (Fsp3) is 0.333. The average molecular weight is 370 g/mol. The molecule has 24 heavy (non-hydrogen) atoms. The van der Waals surface area contributed by atoms with E-state index in [1.807, 2.05) is 17.0 Å². The largest absolute Gasteiger partial charge is 0.395 e. The Hall–Kier alpha value is -1.17. The van der Waals surface area contributed by atoms with Crippen LogP contribution in [0.15, 0.2) is 42.5 Å². The van der Waals surface area contributed by atoms with Crippen molar-refractivity contribution >= 4 is 23.2 Å². The van der Waals surface area contributed by atoms with Gasteiger partial charge in [0.1, 0.15) is 5.82 Å². The molecule has 2 aromatic rings. The second kappa shape index (κ2) is 7.38. The third kappa shape index (κ3) is 3.58. The summed E-state index contributed by atoms with van der Waals surface area (Å²) < 4.78 is 13.2.